The van der Waals surface area contributed by atoms with Crippen molar-refractivity contribution in [2.75, 3.05) is 83.4 Å². The molecule has 2 amide bonds. The van der Waals surface area contributed by atoms with Crippen LogP contribution < -0.4 is 10.2 Å². The number of hydrogen-bond acceptors (Lipinski definition) is 8. The molecule has 8 rings (SSSR count). The Labute approximate surface area is 313 Å². The molecular formula is C40H55FN6O5S. The number of benzene rings is 2. The van der Waals surface area contributed by atoms with Gasteiger partial charge in [0.1, 0.15) is 11.1 Å². The minimum absolute atomic E-state index is 0.0248. The molecule has 5 aliphatic heterocycles. The second kappa shape index (κ2) is 15.5. The fourth-order valence-electron chi connectivity index (χ4n) is 10.1. The maximum Gasteiger partial charge on any atom is 0.404 e. The highest BCUT2D eigenvalue weighted by Gasteiger charge is 2.47. The number of halogens is 1. The van der Waals surface area contributed by atoms with Crippen LogP contribution in [0, 0.1) is 29.5 Å². The van der Waals surface area contributed by atoms with Crippen LogP contribution in [0.25, 0.3) is 0 Å². The molecule has 0 bridgehead atoms. The van der Waals surface area contributed by atoms with Gasteiger partial charge in [-0.1, -0.05) is 18.6 Å². The number of piperidine rings is 1. The zero-order valence-electron chi connectivity index (χ0n) is 30.7. The Morgan fingerprint density at radius 2 is 1.57 bits per heavy atom. The van der Waals surface area contributed by atoms with Gasteiger partial charge in [0.25, 0.3) is 0 Å². The number of hydrogen-bond donors (Lipinski definition) is 2. The number of carbonyl (C=O) groups is 2. The quantitative estimate of drug-likeness (QED) is 0.312. The zero-order valence-corrected chi connectivity index (χ0v) is 31.5. The molecule has 0 radical (unpaired) electrons. The molecule has 2 aromatic rings. The van der Waals surface area contributed by atoms with Crippen molar-refractivity contribution < 1.29 is 27.5 Å². The molecule has 13 heteroatoms. The number of carboxylic acid groups (broad SMARTS) is 1. The minimum atomic E-state index is -3.48. The Morgan fingerprint density at radius 1 is 0.849 bits per heavy atom. The molecule has 0 spiro atoms. The zero-order chi connectivity index (χ0) is 36.7. The van der Waals surface area contributed by atoms with Crippen LogP contribution in [-0.2, 0) is 14.6 Å². The maximum absolute atomic E-state index is 14.6. The third kappa shape index (κ3) is 7.81. The van der Waals surface area contributed by atoms with E-state index in [9.17, 15) is 27.5 Å². The van der Waals surface area contributed by atoms with E-state index in [1.165, 1.54) is 6.07 Å². The van der Waals surface area contributed by atoms with Crippen LogP contribution in [0.4, 0.5) is 14.9 Å². The molecule has 6 aliphatic rings. The Morgan fingerprint density at radius 3 is 2.19 bits per heavy atom. The monoisotopic (exact) mass is 750 g/mol. The molecule has 0 unspecified atom stereocenters. The van der Waals surface area contributed by atoms with Crippen molar-refractivity contribution in [2.24, 2.45) is 23.7 Å². The topological polar surface area (TPSA) is 117 Å². The summed E-state index contributed by atoms with van der Waals surface area (Å²) in [5.74, 6) is 1.27. The fraction of sp³-hybridized carbons (Fsp3) is 0.650. The van der Waals surface area contributed by atoms with Gasteiger partial charge in [-0.15, -0.1) is 0 Å². The second-order valence-electron chi connectivity index (χ2n) is 16.6. The van der Waals surface area contributed by atoms with Crippen LogP contribution >= 0.6 is 0 Å². The van der Waals surface area contributed by atoms with Crippen LogP contribution in [0.1, 0.15) is 56.6 Å². The van der Waals surface area contributed by atoms with Gasteiger partial charge in [0.05, 0.1) is 11.4 Å². The van der Waals surface area contributed by atoms with Crippen molar-refractivity contribution in [1.29, 1.82) is 0 Å². The number of amides is 2. The van der Waals surface area contributed by atoms with Crippen LogP contribution in [0.15, 0.2) is 53.4 Å². The van der Waals surface area contributed by atoms with Gasteiger partial charge in [-0.05, 0) is 138 Å². The highest BCUT2D eigenvalue weighted by atomic mass is 32.2. The Bertz CT molecular complexity index is 1720. The smallest absolute Gasteiger partial charge is 0.404 e. The van der Waals surface area contributed by atoms with Crippen molar-refractivity contribution in [3.05, 3.63) is 59.9 Å². The molecule has 0 aromatic heterocycles. The molecule has 1 aliphatic carbocycles. The molecule has 1 saturated carbocycles. The number of carbonyl (C=O) groups excluding carboxylic acids is 1. The van der Waals surface area contributed by atoms with Gasteiger partial charge in [-0.3, -0.25) is 14.6 Å². The summed E-state index contributed by atoms with van der Waals surface area (Å²) in [5.41, 5.74) is 2.06. The van der Waals surface area contributed by atoms with Crippen LogP contribution in [0.3, 0.4) is 0 Å². The lowest BCUT2D eigenvalue weighted by molar-refractivity contribution is -0.136. The standard InChI is InChI=1S/C40H55FN6O5S/c41-31-6-1-5-30(21-31)39(45-17-4-18-45)38(35-7-2-8-36(35)42-40(49)50)29-13-19-44(20-14-29)22-28-23-46(24-28)32-9-11-33(12-10-32)53(51,52)34-25-47(26-34)37(48)27-43-15-3-16-43/h1,5-6,9-12,21,28-29,34-36,38-39,42H,2-4,7-8,13-20,22-27H2,(H,49,50)/t35-,36-,38-,39+/m0/s1. The van der Waals surface area contributed by atoms with E-state index >= 15 is 0 Å². The van der Waals surface area contributed by atoms with Crippen LogP contribution in [-0.4, -0.2) is 135 Å². The van der Waals surface area contributed by atoms with E-state index in [2.05, 4.69) is 31.0 Å². The summed E-state index contributed by atoms with van der Waals surface area (Å²) < 4.78 is 41.2. The largest absolute Gasteiger partial charge is 0.465 e. The molecular weight excluding hydrogens is 696 g/mol. The second-order valence-corrected chi connectivity index (χ2v) is 18.8. The molecule has 11 nitrogen and oxygen atoms in total. The Balaban J connectivity index is 0.848. The number of nitrogens with zero attached hydrogens (tertiary/aromatic N) is 5. The van der Waals surface area contributed by atoms with Crippen molar-refractivity contribution in [1.82, 2.24) is 24.9 Å². The number of anilines is 1. The molecule has 5 saturated heterocycles. The number of rotatable bonds is 13. The third-order valence-corrected chi connectivity index (χ3v) is 15.4. The van der Waals surface area contributed by atoms with Crippen molar-refractivity contribution in [3.63, 3.8) is 0 Å². The van der Waals surface area contributed by atoms with Gasteiger partial charge >= 0.3 is 6.09 Å². The van der Waals surface area contributed by atoms with Crippen molar-refractivity contribution >= 4 is 27.5 Å². The molecule has 288 valence electrons. The number of sulfone groups is 1. The van der Waals surface area contributed by atoms with E-state index in [-0.39, 0.29) is 48.7 Å². The van der Waals surface area contributed by atoms with Crippen LogP contribution in [0.2, 0.25) is 0 Å². The van der Waals surface area contributed by atoms with Gasteiger partial charge in [0.2, 0.25) is 5.91 Å². The van der Waals surface area contributed by atoms with E-state index in [0.29, 0.717) is 23.3 Å². The molecule has 4 atom stereocenters. The molecule has 5 heterocycles. The average molecular weight is 751 g/mol. The number of likely N-dealkylation sites (tertiary alicyclic amines) is 4. The van der Waals surface area contributed by atoms with Crippen molar-refractivity contribution in [3.8, 4) is 0 Å². The van der Waals surface area contributed by atoms with Gasteiger partial charge in [0.15, 0.2) is 9.84 Å². The van der Waals surface area contributed by atoms with E-state index < -0.39 is 21.2 Å². The first-order chi connectivity index (χ1) is 25.6. The highest BCUT2D eigenvalue weighted by Crippen LogP contribution is 2.49. The van der Waals surface area contributed by atoms with Gasteiger partial charge in [-0.25, -0.2) is 17.6 Å². The SMILES string of the molecule is O=C(O)N[C@H]1CCC[C@@H]1[C@H](C1CCN(CC2CN(c3ccc(S(=O)(=O)C4CN(C(=O)CN5CCC5)C4)cc3)C2)CC1)[C@@H](c1cccc(F)c1)N1CCC1. The summed E-state index contributed by atoms with van der Waals surface area (Å²) in [4.78, 5) is 35.8. The molecule has 6 fully saturated rings. The first kappa shape index (κ1) is 36.7. The predicted molar refractivity (Wildman–Crippen MR) is 201 cm³/mol. The summed E-state index contributed by atoms with van der Waals surface area (Å²) in [5, 5.41) is 12.0. The average Bonchev–Trinajstić information content (AvgIpc) is 3.50. The van der Waals surface area contributed by atoms with Crippen molar-refractivity contribution in [2.45, 2.75) is 67.2 Å². The molecule has 2 aromatic carbocycles. The van der Waals surface area contributed by atoms with Gasteiger partial charge in [-0.2, -0.15) is 0 Å². The predicted octanol–water partition coefficient (Wildman–Crippen LogP) is 4.16. The first-order valence-corrected chi connectivity index (χ1v) is 21.5. The summed E-state index contributed by atoms with van der Waals surface area (Å²) in [7, 11) is -3.48. The minimum Gasteiger partial charge on any atom is -0.465 e. The molecule has 53 heavy (non-hydrogen) atoms. The van der Waals surface area contributed by atoms with E-state index in [0.717, 1.165) is 115 Å². The molecule has 2 N–H and O–H groups in total. The summed E-state index contributed by atoms with van der Waals surface area (Å²) in [6.45, 7) is 9.75. The third-order valence-electron chi connectivity index (χ3n) is 13.3. The lowest BCUT2D eigenvalue weighted by atomic mass is 9.68. The summed E-state index contributed by atoms with van der Waals surface area (Å²) in [6, 6.07) is 14.4. The van der Waals surface area contributed by atoms with E-state index in [1.54, 1.807) is 23.1 Å². The summed E-state index contributed by atoms with van der Waals surface area (Å²) >= 11 is 0. The lowest BCUT2D eigenvalue weighted by Gasteiger charge is -2.50. The normalized spacial score (nSPS) is 26.3. The Kier molecular flexibility index (Phi) is 10.7. The number of nitrogens with one attached hydrogen (secondary N) is 1. The fourth-order valence-corrected chi connectivity index (χ4v) is 11.8. The van der Waals surface area contributed by atoms with Gasteiger partial charge in [0, 0.05) is 56.4 Å². The van der Waals surface area contributed by atoms with E-state index in [4.69, 9.17) is 0 Å². The van der Waals surface area contributed by atoms with Gasteiger partial charge < -0.3 is 25.1 Å². The maximum atomic E-state index is 14.6. The Hall–Kier alpha value is -3.26. The lowest BCUT2D eigenvalue weighted by Crippen LogP contribution is -2.59. The van der Waals surface area contributed by atoms with E-state index in [1.807, 2.05) is 18.2 Å². The van der Waals surface area contributed by atoms with Crippen LogP contribution in [0.5, 0.6) is 0 Å². The summed E-state index contributed by atoms with van der Waals surface area (Å²) in [6.07, 6.45) is 6.29. The first-order valence-electron chi connectivity index (χ1n) is 19.9. The highest BCUT2D eigenvalue weighted by molar-refractivity contribution is 7.92.